The molecule has 3 rings (SSSR count). The van der Waals surface area contributed by atoms with E-state index in [0.717, 1.165) is 12.8 Å². The predicted octanol–water partition coefficient (Wildman–Crippen LogP) is 2.39. The molecule has 9 heteroatoms. The Morgan fingerprint density at radius 1 is 1.33 bits per heavy atom. The number of nitrogens with zero attached hydrogens (tertiary/aromatic N) is 3. The van der Waals surface area contributed by atoms with E-state index in [1.165, 1.54) is 39.6 Å². The molecule has 146 valence electrons. The zero-order valence-corrected chi connectivity index (χ0v) is 16.2. The van der Waals surface area contributed by atoms with Crippen LogP contribution < -0.4 is 5.32 Å². The summed E-state index contributed by atoms with van der Waals surface area (Å²) in [5.74, 6) is -0.201. The monoisotopic (exact) mass is 394 g/mol. The Morgan fingerprint density at radius 2 is 2.04 bits per heavy atom. The number of rotatable bonds is 5. The van der Waals surface area contributed by atoms with E-state index in [9.17, 15) is 17.6 Å². The summed E-state index contributed by atoms with van der Waals surface area (Å²) in [6, 6.07) is 4.09. The molecule has 1 aliphatic heterocycles. The average Bonchev–Trinajstić information content (AvgIpc) is 3.07. The fraction of sp³-hybridized carbons (Fsp3) is 0.444. The second-order valence-electron chi connectivity index (χ2n) is 6.98. The van der Waals surface area contributed by atoms with Gasteiger partial charge >= 0.3 is 0 Å². The minimum absolute atomic E-state index is 0.0529. The molecule has 1 amide bonds. The molecule has 1 aromatic heterocycles. The van der Waals surface area contributed by atoms with Crippen molar-refractivity contribution in [2.75, 3.05) is 18.4 Å². The largest absolute Gasteiger partial charge is 0.327 e. The van der Waals surface area contributed by atoms with Gasteiger partial charge in [0.15, 0.2) is 5.03 Å². The Balaban J connectivity index is 1.66. The average molecular weight is 394 g/mol. The predicted molar refractivity (Wildman–Crippen MR) is 99.2 cm³/mol. The fourth-order valence-corrected chi connectivity index (χ4v) is 4.44. The first-order chi connectivity index (χ1) is 12.8. The quantitative estimate of drug-likeness (QED) is 0.844. The van der Waals surface area contributed by atoms with Gasteiger partial charge in [0.2, 0.25) is 5.91 Å². The smallest absolute Gasteiger partial charge is 0.262 e. The van der Waals surface area contributed by atoms with Crippen LogP contribution in [0.4, 0.5) is 10.1 Å². The molecule has 0 spiro atoms. The molecule has 2 aromatic rings. The summed E-state index contributed by atoms with van der Waals surface area (Å²) in [7, 11) is -3.64. The van der Waals surface area contributed by atoms with Gasteiger partial charge in [-0.2, -0.15) is 4.31 Å². The number of nitrogens with one attached hydrogen (secondary N) is 1. The number of amides is 1. The Hall–Kier alpha value is -2.26. The van der Waals surface area contributed by atoms with Gasteiger partial charge in [-0.3, -0.25) is 4.79 Å². The van der Waals surface area contributed by atoms with Crippen LogP contribution in [0.2, 0.25) is 0 Å². The maximum absolute atomic E-state index is 13.1. The molecule has 27 heavy (non-hydrogen) atoms. The van der Waals surface area contributed by atoms with Crippen LogP contribution in [-0.4, -0.2) is 41.3 Å². The molecule has 0 unspecified atom stereocenters. The molecule has 0 bridgehead atoms. The summed E-state index contributed by atoms with van der Waals surface area (Å²) in [6.45, 7) is 4.69. The van der Waals surface area contributed by atoms with Crippen molar-refractivity contribution in [1.29, 1.82) is 0 Å². The number of anilines is 1. The van der Waals surface area contributed by atoms with Crippen molar-refractivity contribution < 1.29 is 17.6 Å². The van der Waals surface area contributed by atoms with E-state index in [1.807, 2.05) is 0 Å². The summed E-state index contributed by atoms with van der Waals surface area (Å²) >= 11 is 0. The van der Waals surface area contributed by atoms with Crippen LogP contribution >= 0.6 is 0 Å². The highest BCUT2D eigenvalue weighted by molar-refractivity contribution is 7.89. The highest BCUT2D eigenvalue weighted by Crippen LogP contribution is 2.22. The Labute approximate surface area is 158 Å². The van der Waals surface area contributed by atoms with Gasteiger partial charge in [-0.1, -0.05) is 6.92 Å². The minimum atomic E-state index is -3.64. The van der Waals surface area contributed by atoms with Crippen molar-refractivity contribution in [3.8, 4) is 0 Å². The molecule has 0 aliphatic carbocycles. The first-order valence-electron chi connectivity index (χ1n) is 8.83. The van der Waals surface area contributed by atoms with E-state index in [4.69, 9.17) is 0 Å². The molecule has 1 aliphatic rings. The maximum atomic E-state index is 13.1. The van der Waals surface area contributed by atoms with Crippen LogP contribution in [0.15, 0.2) is 35.7 Å². The number of halogens is 1. The summed E-state index contributed by atoms with van der Waals surface area (Å²) in [5, 5.41) is 2.64. The van der Waals surface area contributed by atoms with Crippen molar-refractivity contribution in [3.05, 3.63) is 42.1 Å². The molecule has 7 nitrogen and oxygen atoms in total. The number of aryl methyl sites for hydroxylation is 1. The Bertz CT molecular complexity index is 934. The Morgan fingerprint density at radius 3 is 2.70 bits per heavy atom. The van der Waals surface area contributed by atoms with E-state index < -0.39 is 10.0 Å². The highest BCUT2D eigenvalue weighted by atomic mass is 32.2. The normalized spacial score (nSPS) is 16.4. The van der Waals surface area contributed by atoms with Crippen LogP contribution in [0, 0.1) is 18.7 Å². The van der Waals surface area contributed by atoms with Crippen molar-refractivity contribution in [2.45, 2.75) is 38.3 Å². The molecule has 0 saturated carbocycles. The lowest BCUT2D eigenvalue weighted by Crippen LogP contribution is -2.38. The number of carbonyl (C=O) groups excluding carboxylic acids is 1. The lowest BCUT2D eigenvalue weighted by atomic mass is 10.0. The van der Waals surface area contributed by atoms with Crippen LogP contribution in [0.1, 0.15) is 25.3 Å². The van der Waals surface area contributed by atoms with Crippen molar-refractivity contribution in [1.82, 2.24) is 13.9 Å². The van der Waals surface area contributed by atoms with E-state index in [1.54, 1.807) is 6.92 Å². The second kappa shape index (κ2) is 7.77. The third-order valence-corrected chi connectivity index (χ3v) is 6.53. The topological polar surface area (TPSA) is 84.3 Å². The zero-order valence-electron chi connectivity index (χ0n) is 15.4. The van der Waals surface area contributed by atoms with Gasteiger partial charge in [-0.15, -0.1) is 0 Å². The minimum Gasteiger partial charge on any atom is -0.327 e. The van der Waals surface area contributed by atoms with Crippen LogP contribution in [0.3, 0.4) is 0 Å². The first-order valence-corrected chi connectivity index (χ1v) is 10.3. The summed E-state index contributed by atoms with van der Waals surface area (Å²) in [6.07, 6.45) is 4.36. The van der Waals surface area contributed by atoms with E-state index >= 15 is 0 Å². The molecule has 0 atom stereocenters. The van der Waals surface area contributed by atoms with Crippen LogP contribution in [0.25, 0.3) is 0 Å². The zero-order chi connectivity index (χ0) is 19.6. The first kappa shape index (κ1) is 19.5. The number of hydrogen-bond donors (Lipinski definition) is 1. The van der Waals surface area contributed by atoms with Gasteiger partial charge < -0.3 is 9.88 Å². The van der Waals surface area contributed by atoms with E-state index in [-0.39, 0.29) is 23.3 Å². The van der Waals surface area contributed by atoms with Gasteiger partial charge in [-0.05, 0) is 49.4 Å². The summed E-state index contributed by atoms with van der Waals surface area (Å²) in [4.78, 5) is 16.2. The molecular weight excluding hydrogens is 371 g/mol. The van der Waals surface area contributed by atoms with Gasteiger partial charge in [0.05, 0.1) is 6.33 Å². The number of hydrogen-bond acceptors (Lipinski definition) is 4. The van der Waals surface area contributed by atoms with Crippen molar-refractivity contribution in [2.24, 2.45) is 5.92 Å². The highest BCUT2D eigenvalue weighted by Gasteiger charge is 2.29. The standard InChI is InChI=1S/C18H23FN4O3S/c1-13-5-7-23(8-6-13)27(25,26)18-11-22(12-20-18)10-17(24)21-16-4-3-15(19)9-14(16)2/h3-4,9,11-13H,5-8,10H2,1-2H3,(H,21,24). The number of aromatic nitrogens is 2. The molecule has 1 saturated heterocycles. The Kier molecular flexibility index (Phi) is 5.61. The van der Waals surface area contributed by atoms with Crippen molar-refractivity contribution >= 4 is 21.6 Å². The number of benzene rings is 1. The lowest BCUT2D eigenvalue weighted by molar-refractivity contribution is -0.116. The van der Waals surface area contributed by atoms with Crippen LogP contribution in [-0.2, 0) is 21.4 Å². The molecule has 1 N–H and O–H groups in total. The summed E-state index contributed by atoms with van der Waals surface area (Å²) < 4.78 is 41.4. The van der Waals surface area contributed by atoms with E-state index in [2.05, 4.69) is 17.2 Å². The molecular formula is C18H23FN4O3S. The number of carbonyl (C=O) groups is 1. The summed E-state index contributed by atoms with van der Waals surface area (Å²) in [5.41, 5.74) is 1.12. The third kappa shape index (κ3) is 4.54. The maximum Gasteiger partial charge on any atom is 0.262 e. The lowest BCUT2D eigenvalue weighted by Gasteiger charge is -2.28. The van der Waals surface area contributed by atoms with Crippen molar-refractivity contribution in [3.63, 3.8) is 0 Å². The molecule has 1 aromatic carbocycles. The van der Waals surface area contributed by atoms with Gasteiger partial charge in [-0.25, -0.2) is 17.8 Å². The fourth-order valence-electron chi connectivity index (χ4n) is 3.04. The number of sulfonamides is 1. The van der Waals surface area contributed by atoms with Gasteiger partial charge in [0.1, 0.15) is 12.4 Å². The molecule has 1 fully saturated rings. The van der Waals surface area contributed by atoms with Gasteiger partial charge in [0, 0.05) is 25.0 Å². The SMILES string of the molecule is Cc1cc(F)ccc1NC(=O)Cn1cnc(S(=O)(=O)N2CCC(C)CC2)c1. The van der Waals surface area contributed by atoms with Gasteiger partial charge in [0.25, 0.3) is 10.0 Å². The van der Waals surface area contributed by atoms with E-state index in [0.29, 0.717) is 30.3 Å². The number of piperidine rings is 1. The molecule has 2 heterocycles. The van der Waals surface area contributed by atoms with Crippen LogP contribution in [0.5, 0.6) is 0 Å². The number of imidazole rings is 1. The third-order valence-electron chi connectivity index (χ3n) is 4.75. The second-order valence-corrected chi connectivity index (χ2v) is 8.86. The molecule has 0 radical (unpaired) electrons.